The van der Waals surface area contributed by atoms with Crippen molar-refractivity contribution in [2.24, 2.45) is 0 Å². The maximum Gasteiger partial charge on any atom is 0.273 e. The lowest BCUT2D eigenvalue weighted by atomic mass is 10.1. The minimum absolute atomic E-state index is 0.0273. The summed E-state index contributed by atoms with van der Waals surface area (Å²) in [7, 11) is 0. The van der Waals surface area contributed by atoms with E-state index >= 15 is 0 Å². The first-order valence-electron chi connectivity index (χ1n) is 7.40. The second kappa shape index (κ2) is 6.76. The number of H-pyrrole nitrogens is 1. The molecule has 0 aliphatic carbocycles. The molecule has 1 atom stereocenters. The van der Waals surface area contributed by atoms with Crippen LogP contribution in [0.25, 0.3) is 0 Å². The number of rotatable bonds is 6. The molecule has 0 radical (unpaired) electrons. The molecule has 122 valence electrons. The molecule has 1 aliphatic heterocycles. The number of nitrogens with one attached hydrogen (secondary N) is 1. The minimum Gasteiger partial charge on any atom is -0.491 e. The van der Waals surface area contributed by atoms with Gasteiger partial charge in [-0.3, -0.25) is 20.1 Å². The molecule has 1 aliphatic rings. The number of aliphatic hydroxyl groups excluding tert-OH is 1. The number of nitro benzene ring substituents is 1. The monoisotopic (exact) mass is 318 g/mol. The van der Waals surface area contributed by atoms with Gasteiger partial charge in [-0.25, -0.2) is 0 Å². The third kappa shape index (κ3) is 3.85. The highest BCUT2D eigenvalue weighted by Crippen LogP contribution is 2.20. The smallest absolute Gasteiger partial charge is 0.273 e. The summed E-state index contributed by atoms with van der Waals surface area (Å²) in [4.78, 5) is 12.4. The average Bonchev–Trinajstić information content (AvgIpc) is 3.01. The summed E-state index contributed by atoms with van der Waals surface area (Å²) in [6.07, 6.45) is 2.03. The molecule has 2 N–H and O–H groups in total. The van der Waals surface area contributed by atoms with E-state index < -0.39 is 11.0 Å². The summed E-state index contributed by atoms with van der Waals surface area (Å²) < 4.78 is 5.45. The normalized spacial score (nSPS) is 15.9. The predicted octanol–water partition coefficient (Wildman–Crippen LogP) is 1.12. The Morgan fingerprint density at radius 2 is 2.39 bits per heavy atom. The summed E-state index contributed by atoms with van der Waals surface area (Å²) in [5, 5.41) is 27.8. The molecule has 0 saturated heterocycles. The molecule has 0 bridgehead atoms. The minimum atomic E-state index is -0.664. The molecule has 8 heteroatoms. The van der Waals surface area contributed by atoms with Crippen LogP contribution in [-0.2, 0) is 13.0 Å². The molecule has 0 amide bonds. The third-order valence-electron chi connectivity index (χ3n) is 3.82. The van der Waals surface area contributed by atoms with Gasteiger partial charge in [-0.15, -0.1) is 0 Å². The standard InChI is InChI=1S/C15H18N4O4/c20-13(9-18-5-4-15-11(8-18)7-16-17-15)10-23-14-3-1-2-12(6-14)19(21)22/h1-3,6-7,13,20H,4-5,8-10H2,(H,16,17). The van der Waals surface area contributed by atoms with Crippen LogP contribution < -0.4 is 4.74 Å². The zero-order valence-electron chi connectivity index (χ0n) is 12.5. The van der Waals surface area contributed by atoms with Crippen molar-refractivity contribution in [3.63, 3.8) is 0 Å². The van der Waals surface area contributed by atoms with Crippen LogP contribution in [0.1, 0.15) is 11.3 Å². The van der Waals surface area contributed by atoms with Gasteiger partial charge in [0, 0.05) is 43.4 Å². The fourth-order valence-corrected chi connectivity index (χ4v) is 2.67. The average molecular weight is 318 g/mol. The quantitative estimate of drug-likeness (QED) is 0.611. The number of fused-ring (bicyclic) bond motifs is 1. The Morgan fingerprint density at radius 1 is 1.52 bits per heavy atom. The Kier molecular flexibility index (Phi) is 4.54. The Bertz CT molecular complexity index is 688. The number of benzene rings is 1. The predicted molar refractivity (Wildman–Crippen MR) is 82.2 cm³/mol. The van der Waals surface area contributed by atoms with E-state index in [0.29, 0.717) is 12.3 Å². The van der Waals surface area contributed by atoms with Gasteiger partial charge in [0.15, 0.2) is 0 Å². The fourth-order valence-electron chi connectivity index (χ4n) is 2.67. The van der Waals surface area contributed by atoms with Crippen LogP contribution in [0.2, 0.25) is 0 Å². The number of aromatic nitrogens is 2. The topological polar surface area (TPSA) is 105 Å². The lowest BCUT2D eigenvalue weighted by Gasteiger charge is -2.28. The number of hydrogen-bond donors (Lipinski definition) is 2. The van der Waals surface area contributed by atoms with Crippen LogP contribution >= 0.6 is 0 Å². The van der Waals surface area contributed by atoms with Crippen molar-refractivity contribution < 1.29 is 14.8 Å². The first kappa shape index (κ1) is 15.4. The van der Waals surface area contributed by atoms with Crippen LogP contribution in [-0.4, -0.2) is 50.9 Å². The van der Waals surface area contributed by atoms with Gasteiger partial charge in [-0.1, -0.05) is 6.07 Å². The van der Waals surface area contributed by atoms with Crippen molar-refractivity contribution in [2.45, 2.75) is 19.1 Å². The zero-order chi connectivity index (χ0) is 16.2. The van der Waals surface area contributed by atoms with Crippen LogP contribution in [0.3, 0.4) is 0 Å². The lowest BCUT2D eigenvalue weighted by molar-refractivity contribution is -0.384. The van der Waals surface area contributed by atoms with Crippen molar-refractivity contribution in [3.05, 3.63) is 51.8 Å². The van der Waals surface area contributed by atoms with Gasteiger partial charge in [0.2, 0.25) is 0 Å². The number of aliphatic hydroxyl groups is 1. The zero-order valence-corrected chi connectivity index (χ0v) is 12.5. The third-order valence-corrected chi connectivity index (χ3v) is 3.82. The number of aromatic amines is 1. The molecule has 3 rings (SSSR count). The van der Waals surface area contributed by atoms with E-state index in [0.717, 1.165) is 30.8 Å². The number of hydrogen-bond acceptors (Lipinski definition) is 6. The van der Waals surface area contributed by atoms with E-state index in [4.69, 9.17) is 4.74 Å². The van der Waals surface area contributed by atoms with Crippen molar-refractivity contribution >= 4 is 5.69 Å². The second-order valence-corrected chi connectivity index (χ2v) is 5.58. The number of nitro groups is 1. The Hall–Kier alpha value is -2.45. The Balaban J connectivity index is 1.49. The first-order chi connectivity index (χ1) is 11.1. The number of nitrogens with zero attached hydrogens (tertiary/aromatic N) is 3. The molecule has 23 heavy (non-hydrogen) atoms. The highest BCUT2D eigenvalue weighted by atomic mass is 16.6. The molecule has 0 saturated carbocycles. The van der Waals surface area contributed by atoms with E-state index in [9.17, 15) is 15.2 Å². The molecule has 1 aromatic heterocycles. The molecule has 1 unspecified atom stereocenters. The largest absolute Gasteiger partial charge is 0.491 e. The van der Waals surface area contributed by atoms with Gasteiger partial charge in [-0.2, -0.15) is 5.10 Å². The Labute approximate surface area is 132 Å². The lowest BCUT2D eigenvalue weighted by Crippen LogP contribution is -2.38. The highest BCUT2D eigenvalue weighted by Gasteiger charge is 2.20. The molecule has 1 aromatic carbocycles. The van der Waals surface area contributed by atoms with Gasteiger partial charge in [-0.05, 0) is 6.07 Å². The number of non-ortho nitro benzene ring substituents is 1. The van der Waals surface area contributed by atoms with E-state index in [1.165, 1.54) is 12.1 Å². The van der Waals surface area contributed by atoms with Crippen LogP contribution in [0.15, 0.2) is 30.5 Å². The first-order valence-corrected chi connectivity index (χ1v) is 7.40. The molecular formula is C15H18N4O4. The summed E-state index contributed by atoms with van der Waals surface area (Å²) in [6, 6.07) is 5.95. The maximum absolute atomic E-state index is 10.7. The summed E-state index contributed by atoms with van der Waals surface area (Å²) in [5.74, 6) is 0.383. The van der Waals surface area contributed by atoms with Crippen molar-refractivity contribution in [3.8, 4) is 5.75 Å². The maximum atomic E-state index is 10.7. The van der Waals surface area contributed by atoms with Crippen LogP contribution in [0.4, 0.5) is 5.69 Å². The Morgan fingerprint density at radius 3 is 3.22 bits per heavy atom. The molecule has 2 heterocycles. The van der Waals surface area contributed by atoms with Gasteiger partial charge < -0.3 is 9.84 Å². The van der Waals surface area contributed by atoms with Crippen molar-refractivity contribution in [2.75, 3.05) is 19.7 Å². The summed E-state index contributed by atoms with van der Waals surface area (Å²) in [5.41, 5.74) is 2.28. The van der Waals surface area contributed by atoms with Crippen LogP contribution in [0, 0.1) is 10.1 Å². The molecule has 8 nitrogen and oxygen atoms in total. The SMILES string of the molecule is O=[N+]([O-])c1cccc(OCC(O)CN2CCc3[nH]ncc3C2)c1. The molecule has 2 aromatic rings. The van der Waals surface area contributed by atoms with Crippen molar-refractivity contribution in [1.82, 2.24) is 15.1 Å². The van der Waals surface area contributed by atoms with Gasteiger partial charge in [0.05, 0.1) is 17.2 Å². The summed E-state index contributed by atoms with van der Waals surface area (Å²) >= 11 is 0. The molecule has 0 spiro atoms. The highest BCUT2D eigenvalue weighted by molar-refractivity contribution is 5.37. The van der Waals surface area contributed by atoms with E-state index in [-0.39, 0.29) is 12.3 Å². The van der Waals surface area contributed by atoms with Crippen LogP contribution in [0.5, 0.6) is 5.75 Å². The molecule has 0 fully saturated rings. The van der Waals surface area contributed by atoms with Gasteiger partial charge in [0.1, 0.15) is 18.5 Å². The number of β-amino-alcohol motifs (C(OH)–C–C–N with tert-alkyl or cyclic N) is 1. The molecular weight excluding hydrogens is 300 g/mol. The summed E-state index contributed by atoms with van der Waals surface area (Å²) in [6.45, 7) is 2.18. The number of ether oxygens (including phenoxy) is 1. The fraction of sp³-hybridized carbons (Fsp3) is 0.400. The van der Waals surface area contributed by atoms with Gasteiger partial charge >= 0.3 is 0 Å². The van der Waals surface area contributed by atoms with E-state index in [1.54, 1.807) is 12.1 Å². The van der Waals surface area contributed by atoms with E-state index in [2.05, 4.69) is 15.1 Å². The van der Waals surface area contributed by atoms with Gasteiger partial charge in [0.25, 0.3) is 5.69 Å². The van der Waals surface area contributed by atoms with Crippen molar-refractivity contribution in [1.29, 1.82) is 0 Å². The second-order valence-electron chi connectivity index (χ2n) is 5.58. The van der Waals surface area contributed by atoms with E-state index in [1.807, 2.05) is 6.20 Å².